The Balaban J connectivity index is 1.68. The highest BCUT2D eigenvalue weighted by atomic mass is 35.5. The van der Waals surface area contributed by atoms with Crippen molar-refractivity contribution in [2.45, 2.75) is 39.7 Å². The Morgan fingerprint density at radius 2 is 1.77 bits per heavy atom. The second-order valence-electron chi connectivity index (χ2n) is 9.21. The van der Waals surface area contributed by atoms with Crippen molar-refractivity contribution in [3.8, 4) is 0 Å². The van der Waals surface area contributed by atoms with Crippen LogP contribution in [-0.2, 0) is 0 Å². The van der Waals surface area contributed by atoms with E-state index < -0.39 is 11.4 Å². The molecule has 2 fully saturated rings. The number of aryl methyl sites for hydroxylation is 1. The van der Waals surface area contributed by atoms with Crippen LogP contribution in [0.2, 0.25) is 5.02 Å². The molecule has 2 aromatic rings. The molecule has 0 unspecified atom stereocenters. The minimum atomic E-state index is -1.21. The first-order valence-electron chi connectivity index (χ1n) is 10.7. The first-order chi connectivity index (χ1) is 14.3. The number of carboxylic acid groups (broad SMARTS) is 1. The summed E-state index contributed by atoms with van der Waals surface area (Å²) in [5.41, 5.74) is 0.449. The normalized spacial score (nSPS) is 28.2. The second kappa shape index (κ2) is 6.84. The van der Waals surface area contributed by atoms with Crippen LogP contribution in [0.25, 0.3) is 10.9 Å². The lowest BCUT2D eigenvalue weighted by Gasteiger charge is -2.30. The number of hydrogen-bond acceptors (Lipinski definition) is 4. The third-order valence-corrected chi connectivity index (χ3v) is 7.57. The van der Waals surface area contributed by atoms with Gasteiger partial charge in [0.1, 0.15) is 16.4 Å². The SMILES string of the molecule is Cc1nc(N2C[C@@H]3[C@H](C2)[C@H](C)C=C[C@@H]3C)c(Cl)c2c1c(=O)c(C(=O)O)cn2C1CC1. The molecule has 6 nitrogen and oxygen atoms in total. The maximum absolute atomic E-state index is 12.9. The van der Waals surface area contributed by atoms with Gasteiger partial charge in [-0.2, -0.15) is 0 Å². The Morgan fingerprint density at radius 1 is 1.17 bits per heavy atom. The Hall–Kier alpha value is -2.34. The summed E-state index contributed by atoms with van der Waals surface area (Å²) in [5, 5.41) is 10.3. The number of carboxylic acids is 1. The zero-order chi connectivity index (χ0) is 21.3. The van der Waals surface area contributed by atoms with Crippen LogP contribution in [0.5, 0.6) is 0 Å². The molecule has 0 bridgehead atoms. The topological polar surface area (TPSA) is 75.4 Å². The van der Waals surface area contributed by atoms with Gasteiger partial charge in [0, 0.05) is 25.3 Å². The third kappa shape index (κ3) is 2.88. The number of carbonyl (C=O) groups is 1. The van der Waals surface area contributed by atoms with E-state index in [-0.39, 0.29) is 11.6 Å². The lowest BCUT2D eigenvalue weighted by Crippen LogP contribution is -2.27. The summed E-state index contributed by atoms with van der Waals surface area (Å²) in [6, 6.07) is 0.184. The first-order valence-corrected chi connectivity index (χ1v) is 11.1. The summed E-state index contributed by atoms with van der Waals surface area (Å²) in [4.78, 5) is 31.6. The third-order valence-electron chi connectivity index (χ3n) is 7.23. The molecule has 0 amide bonds. The molecule has 30 heavy (non-hydrogen) atoms. The van der Waals surface area contributed by atoms with Gasteiger partial charge in [-0.25, -0.2) is 9.78 Å². The van der Waals surface area contributed by atoms with Crippen molar-refractivity contribution in [3.63, 3.8) is 0 Å². The van der Waals surface area contributed by atoms with Gasteiger partial charge >= 0.3 is 5.97 Å². The molecule has 0 aromatic carbocycles. The Bertz CT molecular complexity index is 1130. The van der Waals surface area contributed by atoms with Crippen LogP contribution in [0.15, 0.2) is 23.1 Å². The molecular formula is C23H26ClN3O3. The molecule has 2 aliphatic carbocycles. The number of halogens is 1. The molecule has 158 valence electrons. The summed E-state index contributed by atoms with van der Waals surface area (Å²) in [6.07, 6.45) is 8.01. The van der Waals surface area contributed by atoms with E-state index in [0.717, 1.165) is 25.9 Å². The van der Waals surface area contributed by atoms with Gasteiger partial charge in [0.2, 0.25) is 5.43 Å². The molecular weight excluding hydrogens is 402 g/mol. The predicted molar refractivity (Wildman–Crippen MR) is 118 cm³/mol. The molecule has 7 heteroatoms. The highest BCUT2D eigenvalue weighted by molar-refractivity contribution is 6.37. The van der Waals surface area contributed by atoms with E-state index in [9.17, 15) is 14.7 Å². The van der Waals surface area contributed by atoms with Crippen LogP contribution < -0.4 is 10.3 Å². The average Bonchev–Trinajstić information content (AvgIpc) is 3.44. The predicted octanol–water partition coefficient (Wildman–Crippen LogP) is 4.29. The van der Waals surface area contributed by atoms with Crippen LogP contribution in [-0.4, -0.2) is 33.7 Å². The molecule has 4 atom stereocenters. The van der Waals surface area contributed by atoms with Crippen molar-refractivity contribution in [2.24, 2.45) is 23.7 Å². The van der Waals surface area contributed by atoms with Crippen LogP contribution in [0.4, 0.5) is 5.82 Å². The van der Waals surface area contributed by atoms with Crippen molar-refractivity contribution in [1.82, 2.24) is 9.55 Å². The molecule has 0 radical (unpaired) electrons. The number of hydrogen-bond donors (Lipinski definition) is 1. The van der Waals surface area contributed by atoms with E-state index >= 15 is 0 Å². The van der Waals surface area contributed by atoms with Crippen molar-refractivity contribution < 1.29 is 9.90 Å². The van der Waals surface area contributed by atoms with Gasteiger partial charge in [-0.3, -0.25) is 4.79 Å². The largest absolute Gasteiger partial charge is 0.477 e. The number of fused-ring (bicyclic) bond motifs is 2. The summed E-state index contributed by atoms with van der Waals surface area (Å²) < 4.78 is 1.90. The van der Waals surface area contributed by atoms with E-state index in [1.54, 1.807) is 6.92 Å². The number of rotatable bonds is 3. The molecule has 1 saturated heterocycles. The molecule has 3 aliphatic rings. The molecule has 5 rings (SSSR count). The van der Waals surface area contributed by atoms with E-state index in [2.05, 4.69) is 30.9 Å². The average molecular weight is 428 g/mol. The van der Waals surface area contributed by atoms with E-state index in [1.165, 1.54) is 6.20 Å². The van der Waals surface area contributed by atoms with Gasteiger partial charge in [-0.15, -0.1) is 0 Å². The summed E-state index contributed by atoms with van der Waals surface area (Å²) >= 11 is 6.92. The highest BCUT2D eigenvalue weighted by Crippen LogP contribution is 2.45. The van der Waals surface area contributed by atoms with Crippen molar-refractivity contribution in [2.75, 3.05) is 18.0 Å². The lowest BCUT2D eigenvalue weighted by atomic mass is 9.74. The zero-order valence-electron chi connectivity index (χ0n) is 17.4. The van der Waals surface area contributed by atoms with Crippen molar-refractivity contribution in [1.29, 1.82) is 0 Å². The van der Waals surface area contributed by atoms with Gasteiger partial charge in [0.05, 0.1) is 16.6 Å². The smallest absolute Gasteiger partial charge is 0.341 e. The highest BCUT2D eigenvalue weighted by Gasteiger charge is 2.41. The van der Waals surface area contributed by atoms with Gasteiger partial charge in [0.15, 0.2) is 0 Å². The molecule has 2 aromatic heterocycles. The number of aromatic nitrogens is 2. The minimum Gasteiger partial charge on any atom is -0.477 e. The number of pyridine rings is 2. The summed E-state index contributed by atoms with van der Waals surface area (Å²) in [6.45, 7) is 8.09. The van der Waals surface area contributed by atoms with E-state index in [1.807, 2.05) is 4.57 Å². The maximum atomic E-state index is 12.9. The number of nitrogens with zero attached hydrogens (tertiary/aromatic N) is 3. The Morgan fingerprint density at radius 3 is 2.30 bits per heavy atom. The number of aromatic carboxylic acids is 1. The molecule has 0 spiro atoms. The Kier molecular flexibility index (Phi) is 4.47. The maximum Gasteiger partial charge on any atom is 0.341 e. The minimum absolute atomic E-state index is 0.184. The molecule has 1 saturated carbocycles. The van der Waals surface area contributed by atoms with Crippen LogP contribution in [0.1, 0.15) is 48.8 Å². The zero-order valence-corrected chi connectivity index (χ0v) is 18.2. The van der Waals surface area contributed by atoms with Crippen molar-refractivity contribution >= 4 is 34.3 Å². The quantitative estimate of drug-likeness (QED) is 0.739. The van der Waals surface area contributed by atoms with Gasteiger partial charge in [0.25, 0.3) is 0 Å². The molecule has 1 N–H and O–H groups in total. The lowest BCUT2D eigenvalue weighted by molar-refractivity contribution is 0.0695. The second-order valence-corrected chi connectivity index (χ2v) is 9.59. The summed E-state index contributed by atoms with van der Waals surface area (Å²) in [7, 11) is 0. The van der Waals surface area contributed by atoms with Crippen LogP contribution >= 0.6 is 11.6 Å². The van der Waals surface area contributed by atoms with Crippen molar-refractivity contribution in [3.05, 3.63) is 44.9 Å². The fourth-order valence-electron chi connectivity index (χ4n) is 5.34. The molecule has 1 aliphatic heterocycles. The van der Waals surface area contributed by atoms with Gasteiger partial charge in [-0.1, -0.05) is 37.6 Å². The fraction of sp³-hybridized carbons (Fsp3) is 0.522. The number of anilines is 1. The first kappa shape index (κ1) is 19.6. The standard InChI is InChI=1S/C23H26ClN3O3/c1-11-4-5-12(2)16-9-26(8-15(11)16)22-19(24)20-18(13(3)25-22)21(28)17(23(29)30)10-27(20)14-6-7-14/h4-5,10-12,14-16H,6-9H2,1-3H3,(H,29,30)/t11-,12+,15-,16+. The summed E-state index contributed by atoms with van der Waals surface area (Å²) in [5.74, 6) is 1.64. The van der Waals surface area contributed by atoms with Gasteiger partial charge in [-0.05, 0) is 43.4 Å². The van der Waals surface area contributed by atoms with Crippen LogP contribution in [0, 0.1) is 30.6 Å². The van der Waals surface area contributed by atoms with Gasteiger partial charge < -0.3 is 14.6 Å². The molecule has 3 heterocycles. The van der Waals surface area contributed by atoms with E-state index in [0.29, 0.717) is 51.1 Å². The van der Waals surface area contributed by atoms with E-state index in [4.69, 9.17) is 16.6 Å². The van der Waals surface area contributed by atoms with Crippen LogP contribution in [0.3, 0.4) is 0 Å². The Labute approximate surface area is 180 Å². The fourth-order valence-corrected chi connectivity index (χ4v) is 5.69. The number of allylic oxidation sites excluding steroid dienone is 2. The monoisotopic (exact) mass is 427 g/mol.